The van der Waals surface area contributed by atoms with E-state index in [1.807, 2.05) is 31.2 Å². The number of benzene rings is 2. The SMILES string of the molecule is COc1ccc(S(=O)(=O)N2CCCC2)cc1C(=O)N[C@@H](C)c1ccccc1OC. The highest BCUT2D eigenvalue weighted by Gasteiger charge is 2.29. The first kappa shape index (κ1) is 21.1. The van der Waals surface area contributed by atoms with E-state index in [0.717, 1.165) is 18.4 Å². The van der Waals surface area contributed by atoms with Crippen LogP contribution in [0.25, 0.3) is 0 Å². The van der Waals surface area contributed by atoms with Crippen LogP contribution in [0.1, 0.15) is 41.7 Å². The minimum atomic E-state index is -3.63. The molecule has 1 saturated heterocycles. The first-order valence-electron chi connectivity index (χ1n) is 9.50. The molecule has 0 unspecified atom stereocenters. The zero-order valence-corrected chi connectivity index (χ0v) is 17.7. The van der Waals surface area contributed by atoms with Gasteiger partial charge in [0.15, 0.2) is 0 Å². The molecule has 29 heavy (non-hydrogen) atoms. The minimum absolute atomic E-state index is 0.0929. The summed E-state index contributed by atoms with van der Waals surface area (Å²) >= 11 is 0. The summed E-state index contributed by atoms with van der Waals surface area (Å²) in [6.45, 7) is 2.84. The van der Waals surface area contributed by atoms with E-state index in [1.165, 1.54) is 29.6 Å². The monoisotopic (exact) mass is 418 g/mol. The number of sulfonamides is 1. The average Bonchev–Trinajstić information content (AvgIpc) is 3.29. The Balaban J connectivity index is 1.89. The smallest absolute Gasteiger partial charge is 0.255 e. The van der Waals surface area contributed by atoms with Crippen LogP contribution in [0.2, 0.25) is 0 Å². The summed E-state index contributed by atoms with van der Waals surface area (Å²) in [7, 11) is -0.612. The van der Waals surface area contributed by atoms with E-state index in [4.69, 9.17) is 9.47 Å². The van der Waals surface area contributed by atoms with E-state index in [-0.39, 0.29) is 16.5 Å². The summed E-state index contributed by atoms with van der Waals surface area (Å²) < 4.78 is 37.9. The molecule has 1 atom stereocenters. The van der Waals surface area contributed by atoms with Crippen LogP contribution in [0.5, 0.6) is 11.5 Å². The molecule has 1 heterocycles. The number of nitrogens with zero attached hydrogens (tertiary/aromatic N) is 1. The number of carbonyl (C=O) groups is 1. The predicted molar refractivity (Wildman–Crippen MR) is 110 cm³/mol. The van der Waals surface area contributed by atoms with Gasteiger partial charge < -0.3 is 14.8 Å². The summed E-state index contributed by atoms with van der Waals surface area (Å²) in [5.74, 6) is 0.562. The largest absolute Gasteiger partial charge is 0.496 e. The molecule has 2 aromatic carbocycles. The Bertz CT molecular complexity index is 984. The van der Waals surface area contributed by atoms with Gasteiger partial charge in [-0.25, -0.2) is 8.42 Å². The number of amides is 1. The molecule has 3 rings (SSSR count). The highest BCUT2D eigenvalue weighted by Crippen LogP contribution is 2.28. The molecule has 2 aromatic rings. The maximum atomic E-state index is 13.0. The van der Waals surface area contributed by atoms with Crippen molar-refractivity contribution in [3.05, 3.63) is 53.6 Å². The molecule has 7 nitrogen and oxygen atoms in total. The van der Waals surface area contributed by atoms with Crippen molar-refractivity contribution in [1.82, 2.24) is 9.62 Å². The molecule has 0 aromatic heterocycles. The molecule has 0 radical (unpaired) electrons. The van der Waals surface area contributed by atoms with Gasteiger partial charge in [-0.2, -0.15) is 4.31 Å². The number of hydrogen-bond acceptors (Lipinski definition) is 5. The van der Waals surface area contributed by atoms with Crippen LogP contribution in [-0.4, -0.2) is 45.9 Å². The lowest BCUT2D eigenvalue weighted by Crippen LogP contribution is -2.29. The second kappa shape index (κ2) is 8.84. The Hall–Kier alpha value is -2.58. The molecule has 1 aliphatic heterocycles. The minimum Gasteiger partial charge on any atom is -0.496 e. The van der Waals surface area contributed by atoms with E-state index in [1.54, 1.807) is 7.11 Å². The van der Waals surface area contributed by atoms with Gasteiger partial charge in [0.2, 0.25) is 10.0 Å². The normalized spacial score (nSPS) is 15.7. The van der Waals surface area contributed by atoms with Crippen LogP contribution in [0, 0.1) is 0 Å². The number of nitrogens with one attached hydrogen (secondary N) is 1. The standard InChI is InChI=1S/C21H26N2O5S/c1-15(17-8-4-5-9-19(17)27-2)22-21(24)18-14-16(10-11-20(18)28-3)29(25,26)23-12-6-7-13-23/h4-5,8-11,14-15H,6-7,12-13H2,1-3H3,(H,22,24)/t15-/m0/s1. The Labute approximate surface area is 171 Å². The van der Waals surface area contributed by atoms with Gasteiger partial charge in [-0.15, -0.1) is 0 Å². The average molecular weight is 419 g/mol. The van der Waals surface area contributed by atoms with Crippen molar-refractivity contribution in [1.29, 1.82) is 0 Å². The van der Waals surface area contributed by atoms with Gasteiger partial charge in [-0.1, -0.05) is 18.2 Å². The Kier molecular flexibility index (Phi) is 6.44. The molecule has 0 saturated carbocycles. The Morgan fingerprint density at radius 3 is 2.34 bits per heavy atom. The van der Waals surface area contributed by atoms with Crippen LogP contribution in [0.15, 0.2) is 47.4 Å². The predicted octanol–water partition coefficient (Wildman–Crippen LogP) is 2.98. The van der Waals surface area contributed by atoms with Crippen molar-refractivity contribution in [2.45, 2.75) is 30.7 Å². The molecule has 1 N–H and O–H groups in total. The molecule has 0 aliphatic carbocycles. The van der Waals surface area contributed by atoms with Crippen LogP contribution in [0.4, 0.5) is 0 Å². The molecule has 0 bridgehead atoms. The van der Waals surface area contributed by atoms with Crippen LogP contribution >= 0.6 is 0 Å². The summed E-state index contributed by atoms with van der Waals surface area (Å²) in [4.78, 5) is 13.1. The van der Waals surface area contributed by atoms with Gasteiger partial charge in [-0.3, -0.25) is 4.79 Å². The van der Waals surface area contributed by atoms with Gasteiger partial charge in [0.05, 0.1) is 30.7 Å². The lowest BCUT2D eigenvalue weighted by Gasteiger charge is -2.19. The van der Waals surface area contributed by atoms with Crippen molar-refractivity contribution in [2.24, 2.45) is 0 Å². The molecule has 1 aliphatic rings. The second-order valence-electron chi connectivity index (χ2n) is 6.91. The Morgan fingerprint density at radius 1 is 1.03 bits per heavy atom. The molecular formula is C21H26N2O5S. The van der Waals surface area contributed by atoms with E-state index in [2.05, 4.69) is 5.32 Å². The van der Waals surface area contributed by atoms with Crippen molar-refractivity contribution >= 4 is 15.9 Å². The number of para-hydroxylation sites is 1. The third kappa shape index (κ3) is 4.38. The fraction of sp³-hybridized carbons (Fsp3) is 0.381. The van der Waals surface area contributed by atoms with Crippen LogP contribution < -0.4 is 14.8 Å². The van der Waals surface area contributed by atoms with Crippen molar-refractivity contribution in [3.8, 4) is 11.5 Å². The van der Waals surface area contributed by atoms with E-state index in [0.29, 0.717) is 24.6 Å². The summed E-state index contributed by atoms with van der Waals surface area (Å²) in [6, 6.07) is 11.4. The van der Waals surface area contributed by atoms with Crippen LogP contribution in [-0.2, 0) is 10.0 Å². The lowest BCUT2D eigenvalue weighted by atomic mass is 10.1. The third-order valence-electron chi connectivity index (χ3n) is 5.07. The fourth-order valence-corrected chi connectivity index (χ4v) is 5.02. The fourth-order valence-electron chi connectivity index (χ4n) is 3.48. The van der Waals surface area contributed by atoms with E-state index < -0.39 is 15.9 Å². The zero-order valence-electron chi connectivity index (χ0n) is 16.8. The number of rotatable bonds is 7. The van der Waals surface area contributed by atoms with Crippen LogP contribution in [0.3, 0.4) is 0 Å². The number of methoxy groups -OCH3 is 2. The molecule has 1 amide bonds. The lowest BCUT2D eigenvalue weighted by molar-refractivity contribution is 0.0936. The summed E-state index contributed by atoms with van der Waals surface area (Å²) in [5, 5.41) is 2.90. The maximum absolute atomic E-state index is 13.0. The zero-order chi connectivity index (χ0) is 21.0. The number of carbonyl (C=O) groups excluding carboxylic acids is 1. The number of ether oxygens (including phenoxy) is 2. The highest BCUT2D eigenvalue weighted by molar-refractivity contribution is 7.89. The first-order valence-corrected chi connectivity index (χ1v) is 10.9. The van der Waals surface area contributed by atoms with E-state index in [9.17, 15) is 13.2 Å². The van der Waals surface area contributed by atoms with Crippen molar-refractivity contribution in [2.75, 3.05) is 27.3 Å². The van der Waals surface area contributed by atoms with Gasteiger partial charge in [0, 0.05) is 18.7 Å². The Morgan fingerprint density at radius 2 is 1.69 bits per heavy atom. The van der Waals surface area contributed by atoms with E-state index >= 15 is 0 Å². The van der Waals surface area contributed by atoms with Gasteiger partial charge in [0.25, 0.3) is 5.91 Å². The molecule has 8 heteroatoms. The van der Waals surface area contributed by atoms with Gasteiger partial charge >= 0.3 is 0 Å². The van der Waals surface area contributed by atoms with Crippen molar-refractivity contribution in [3.63, 3.8) is 0 Å². The first-order chi connectivity index (χ1) is 13.9. The number of hydrogen-bond donors (Lipinski definition) is 1. The topological polar surface area (TPSA) is 84.9 Å². The quantitative estimate of drug-likeness (QED) is 0.747. The summed E-state index contributed by atoms with van der Waals surface area (Å²) in [5.41, 5.74) is 0.998. The molecule has 1 fully saturated rings. The second-order valence-corrected chi connectivity index (χ2v) is 8.85. The van der Waals surface area contributed by atoms with Gasteiger partial charge in [0.1, 0.15) is 11.5 Å². The third-order valence-corrected chi connectivity index (χ3v) is 6.97. The maximum Gasteiger partial charge on any atom is 0.255 e. The van der Waals surface area contributed by atoms with Crippen molar-refractivity contribution < 1.29 is 22.7 Å². The molecular weight excluding hydrogens is 392 g/mol. The highest BCUT2D eigenvalue weighted by atomic mass is 32.2. The molecule has 156 valence electrons. The molecule has 0 spiro atoms. The van der Waals surface area contributed by atoms with Gasteiger partial charge in [-0.05, 0) is 44.0 Å². The summed E-state index contributed by atoms with van der Waals surface area (Å²) in [6.07, 6.45) is 1.69.